The van der Waals surface area contributed by atoms with Gasteiger partial charge in [-0.05, 0) is 17.7 Å². The Morgan fingerprint density at radius 1 is 1.15 bits per heavy atom. The summed E-state index contributed by atoms with van der Waals surface area (Å²) in [5.74, 6) is 1.09. The Kier molecular flexibility index (Phi) is 3.78. The van der Waals surface area contributed by atoms with Gasteiger partial charge < -0.3 is 15.3 Å². The number of anilines is 1. The van der Waals surface area contributed by atoms with Crippen LogP contribution in [0.3, 0.4) is 0 Å². The number of rotatable bonds is 3. The van der Waals surface area contributed by atoms with E-state index in [1.54, 1.807) is 12.3 Å². The quantitative estimate of drug-likeness (QED) is 0.877. The SMILES string of the molecule is Oc1ccccc1Cc1ccnc(N2CCNCC2)n1. The number of phenolic OH excluding ortho intramolecular Hbond substituents is 1. The average molecular weight is 270 g/mol. The number of hydrogen-bond donors (Lipinski definition) is 2. The molecule has 1 aliphatic rings. The van der Waals surface area contributed by atoms with Crippen LogP contribution in [0.2, 0.25) is 0 Å². The molecule has 0 atom stereocenters. The summed E-state index contributed by atoms with van der Waals surface area (Å²) in [5.41, 5.74) is 1.81. The molecule has 0 unspecified atom stereocenters. The number of para-hydroxylation sites is 1. The third-order valence-corrected chi connectivity index (χ3v) is 3.46. The van der Waals surface area contributed by atoms with Crippen molar-refractivity contribution in [1.82, 2.24) is 15.3 Å². The van der Waals surface area contributed by atoms with E-state index in [0.29, 0.717) is 12.2 Å². The molecule has 1 saturated heterocycles. The molecule has 0 bridgehead atoms. The van der Waals surface area contributed by atoms with Gasteiger partial charge in [0.05, 0.1) is 5.69 Å². The maximum absolute atomic E-state index is 9.83. The van der Waals surface area contributed by atoms with Crippen molar-refractivity contribution in [2.45, 2.75) is 6.42 Å². The summed E-state index contributed by atoms with van der Waals surface area (Å²) < 4.78 is 0. The molecule has 2 aromatic rings. The van der Waals surface area contributed by atoms with Crippen molar-refractivity contribution < 1.29 is 5.11 Å². The third-order valence-electron chi connectivity index (χ3n) is 3.46. The normalized spacial score (nSPS) is 15.3. The zero-order valence-corrected chi connectivity index (χ0v) is 11.3. The summed E-state index contributed by atoms with van der Waals surface area (Å²) in [6.07, 6.45) is 2.41. The summed E-state index contributed by atoms with van der Waals surface area (Å²) >= 11 is 0. The minimum atomic E-state index is 0.315. The fourth-order valence-electron chi connectivity index (χ4n) is 2.36. The van der Waals surface area contributed by atoms with Gasteiger partial charge in [0.25, 0.3) is 0 Å². The fourth-order valence-corrected chi connectivity index (χ4v) is 2.36. The number of piperazine rings is 1. The first-order valence-corrected chi connectivity index (χ1v) is 6.87. The number of aromatic nitrogens is 2. The third kappa shape index (κ3) is 2.88. The molecule has 1 aromatic heterocycles. The highest BCUT2D eigenvalue weighted by molar-refractivity contribution is 5.37. The first kappa shape index (κ1) is 12.9. The molecule has 3 rings (SSSR count). The van der Waals surface area contributed by atoms with Gasteiger partial charge in [-0.2, -0.15) is 0 Å². The number of phenols is 1. The van der Waals surface area contributed by atoms with Crippen LogP contribution in [0.1, 0.15) is 11.3 Å². The molecule has 104 valence electrons. The van der Waals surface area contributed by atoms with Crippen molar-refractivity contribution in [2.24, 2.45) is 0 Å². The molecule has 0 amide bonds. The predicted octanol–water partition coefficient (Wildman–Crippen LogP) is 1.18. The van der Waals surface area contributed by atoms with Gasteiger partial charge in [0.1, 0.15) is 5.75 Å². The molecule has 2 N–H and O–H groups in total. The maximum atomic E-state index is 9.83. The van der Waals surface area contributed by atoms with Crippen molar-refractivity contribution in [1.29, 1.82) is 0 Å². The molecule has 1 aliphatic heterocycles. The molecule has 0 saturated carbocycles. The summed E-state index contributed by atoms with van der Waals surface area (Å²) in [6, 6.07) is 9.27. The van der Waals surface area contributed by atoms with E-state index in [1.807, 2.05) is 24.3 Å². The largest absolute Gasteiger partial charge is 0.508 e. The van der Waals surface area contributed by atoms with Crippen LogP contribution in [-0.4, -0.2) is 41.3 Å². The van der Waals surface area contributed by atoms with E-state index in [4.69, 9.17) is 0 Å². The second-order valence-corrected chi connectivity index (χ2v) is 4.89. The van der Waals surface area contributed by atoms with Crippen LogP contribution in [0.5, 0.6) is 5.75 Å². The Balaban J connectivity index is 1.79. The van der Waals surface area contributed by atoms with Crippen LogP contribution in [0.4, 0.5) is 5.95 Å². The maximum Gasteiger partial charge on any atom is 0.225 e. The van der Waals surface area contributed by atoms with E-state index in [9.17, 15) is 5.11 Å². The molecule has 20 heavy (non-hydrogen) atoms. The molecular formula is C15H18N4O. The van der Waals surface area contributed by atoms with Gasteiger partial charge in [-0.15, -0.1) is 0 Å². The zero-order chi connectivity index (χ0) is 13.8. The molecule has 0 radical (unpaired) electrons. The molecule has 1 fully saturated rings. The van der Waals surface area contributed by atoms with E-state index in [1.165, 1.54) is 0 Å². The van der Waals surface area contributed by atoms with Crippen molar-refractivity contribution in [3.05, 3.63) is 47.8 Å². The lowest BCUT2D eigenvalue weighted by atomic mass is 10.1. The Morgan fingerprint density at radius 2 is 1.95 bits per heavy atom. The van der Waals surface area contributed by atoms with E-state index in [0.717, 1.165) is 43.4 Å². The van der Waals surface area contributed by atoms with Gasteiger partial charge in [-0.25, -0.2) is 9.97 Å². The van der Waals surface area contributed by atoms with E-state index in [-0.39, 0.29) is 0 Å². The van der Waals surface area contributed by atoms with Crippen molar-refractivity contribution in [3.8, 4) is 5.75 Å². The van der Waals surface area contributed by atoms with Crippen molar-refractivity contribution >= 4 is 5.95 Å². The van der Waals surface area contributed by atoms with Gasteiger partial charge in [0.2, 0.25) is 5.95 Å². The topological polar surface area (TPSA) is 61.3 Å². The molecule has 1 aromatic carbocycles. The second-order valence-electron chi connectivity index (χ2n) is 4.89. The zero-order valence-electron chi connectivity index (χ0n) is 11.3. The first-order chi connectivity index (χ1) is 9.83. The molecule has 0 aliphatic carbocycles. The molecule has 5 heteroatoms. The summed E-state index contributed by atoms with van der Waals surface area (Å²) in [5, 5.41) is 13.1. The Hall–Kier alpha value is -2.14. The van der Waals surface area contributed by atoms with Crippen LogP contribution in [0.25, 0.3) is 0 Å². The van der Waals surface area contributed by atoms with E-state index in [2.05, 4.69) is 20.2 Å². The monoisotopic (exact) mass is 270 g/mol. The lowest BCUT2D eigenvalue weighted by molar-refractivity contribution is 0.469. The number of nitrogens with one attached hydrogen (secondary N) is 1. The van der Waals surface area contributed by atoms with Crippen molar-refractivity contribution in [2.75, 3.05) is 31.1 Å². The highest BCUT2D eigenvalue weighted by Crippen LogP contribution is 2.19. The van der Waals surface area contributed by atoms with E-state index >= 15 is 0 Å². The summed E-state index contributed by atoms with van der Waals surface area (Å²) in [6.45, 7) is 3.79. The fraction of sp³-hybridized carbons (Fsp3) is 0.333. The lowest BCUT2D eigenvalue weighted by Gasteiger charge is -2.27. The number of benzene rings is 1. The molecule has 5 nitrogen and oxygen atoms in total. The predicted molar refractivity (Wildman–Crippen MR) is 78.0 cm³/mol. The van der Waals surface area contributed by atoms with Crippen LogP contribution in [0, 0.1) is 0 Å². The Bertz CT molecular complexity index is 582. The number of aromatic hydroxyl groups is 1. The van der Waals surface area contributed by atoms with E-state index < -0.39 is 0 Å². The smallest absolute Gasteiger partial charge is 0.225 e. The number of nitrogens with zero attached hydrogens (tertiary/aromatic N) is 3. The number of hydrogen-bond acceptors (Lipinski definition) is 5. The standard InChI is InChI=1S/C15H18N4O/c20-14-4-2-1-3-12(14)11-13-5-6-17-15(18-13)19-9-7-16-8-10-19/h1-6,16,20H,7-11H2. The lowest BCUT2D eigenvalue weighted by Crippen LogP contribution is -2.44. The van der Waals surface area contributed by atoms with Gasteiger partial charge in [0.15, 0.2) is 0 Å². The minimum Gasteiger partial charge on any atom is -0.508 e. The van der Waals surface area contributed by atoms with Crippen LogP contribution in [-0.2, 0) is 6.42 Å². The van der Waals surface area contributed by atoms with Gasteiger partial charge in [0, 0.05) is 38.8 Å². The second kappa shape index (κ2) is 5.88. The summed E-state index contributed by atoms with van der Waals surface area (Å²) in [4.78, 5) is 11.1. The Labute approximate surface area is 118 Å². The molecule has 0 spiro atoms. The van der Waals surface area contributed by atoms with Gasteiger partial charge in [-0.3, -0.25) is 0 Å². The van der Waals surface area contributed by atoms with Crippen molar-refractivity contribution in [3.63, 3.8) is 0 Å². The Morgan fingerprint density at radius 3 is 2.75 bits per heavy atom. The van der Waals surface area contributed by atoms with Gasteiger partial charge >= 0.3 is 0 Å². The average Bonchev–Trinajstić information content (AvgIpc) is 2.51. The molecule has 2 heterocycles. The van der Waals surface area contributed by atoms with Crippen LogP contribution in [0.15, 0.2) is 36.5 Å². The van der Waals surface area contributed by atoms with Crippen LogP contribution >= 0.6 is 0 Å². The summed E-state index contributed by atoms with van der Waals surface area (Å²) in [7, 11) is 0. The first-order valence-electron chi connectivity index (χ1n) is 6.87. The van der Waals surface area contributed by atoms with Crippen LogP contribution < -0.4 is 10.2 Å². The highest BCUT2D eigenvalue weighted by Gasteiger charge is 2.13. The minimum absolute atomic E-state index is 0.315. The molecular weight excluding hydrogens is 252 g/mol. The van der Waals surface area contributed by atoms with Gasteiger partial charge in [-0.1, -0.05) is 18.2 Å². The highest BCUT2D eigenvalue weighted by atomic mass is 16.3.